The number of fused-ring (bicyclic) bond motifs is 1. The van der Waals surface area contributed by atoms with E-state index in [-0.39, 0.29) is 58.6 Å². The Kier molecular flexibility index (Phi) is 8.85. The molecule has 3 aromatic heterocycles. The molecule has 12 heteroatoms. The van der Waals surface area contributed by atoms with E-state index in [0.29, 0.717) is 23.6 Å². The topological polar surface area (TPSA) is 106 Å². The van der Waals surface area contributed by atoms with Gasteiger partial charge in [0.1, 0.15) is 35.1 Å². The number of benzene rings is 1. The van der Waals surface area contributed by atoms with Crippen LogP contribution in [0.5, 0.6) is 0 Å². The van der Waals surface area contributed by atoms with Crippen molar-refractivity contribution in [2.24, 2.45) is 0 Å². The molecule has 4 aromatic rings. The molecule has 244 valence electrons. The Hall–Kier alpha value is -4.48. The maximum atomic E-state index is 16.0. The van der Waals surface area contributed by atoms with Gasteiger partial charge in [-0.3, -0.25) is 0 Å². The minimum atomic E-state index is -0.767. The third-order valence-corrected chi connectivity index (χ3v) is 8.01. The molecule has 1 saturated heterocycles. The largest absolute Gasteiger partial charge is 0.444 e. The number of rotatable bonds is 5. The van der Waals surface area contributed by atoms with Gasteiger partial charge in [0.05, 0.1) is 22.5 Å². The fourth-order valence-electron chi connectivity index (χ4n) is 5.85. The van der Waals surface area contributed by atoms with Crippen molar-refractivity contribution in [3.8, 4) is 16.9 Å². The lowest BCUT2D eigenvalue weighted by Gasteiger charge is -2.44. The van der Waals surface area contributed by atoms with Crippen LogP contribution in [0.25, 0.3) is 28.0 Å². The third kappa shape index (κ3) is 6.17. The number of nitrogens with zero attached hydrogens (tertiary/aromatic N) is 7. The number of aromatic nitrogens is 5. The number of pyridine rings is 1. The van der Waals surface area contributed by atoms with Crippen LogP contribution >= 0.6 is 0 Å². The van der Waals surface area contributed by atoms with Crippen molar-refractivity contribution >= 4 is 22.9 Å². The molecule has 1 amide bonds. The monoisotopic (exact) mass is 633 g/mol. The predicted octanol–water partition coefficient (Wildman–Crippen LogP) is 6.60. The summed E-state index contributed by atoms with van der Waals surface area (Å²) >= 11 is 0. The van der Waals surface area contributed by atoms with Gasteiger partial charge in [-0.15, -0.1) is 0 Å². The summed E-state index contributed by atoms with van der Waals surface area (Å²) in [5, 5.41) is 0.259. The van der Waals surface area contributed by atoms with Gasteiger partial charge in [-0.2, -0.15) is 4.98 Å². The Bertz CT molecular complexity index is 1830. The molecule has 4 heterocycles. The molecule has 1 aromatic carbocycles. The summed E-state index contributed by atoms with van der Waals surface area (Å²) in [5.74, 6) is -1.40. The highest BCUT2D eigenvalue weighted by Gasteiger charge is 2.37. The molecular weight excluding hydrogens is 592 g/mol. The van der Waals surface area contributed by atoms with Crippen molar-refractivity contribution < 1.29 is 18.3 Å². The Morgan fingerprint density at radius 2 is 1.57 bits per heavy atom. The minimum absolute atomic E-state index is 0.0373. The quantitative estimate of drug-likeness (QED) is 0.242. The highest BCUT2D eigenvalue weighted by molar-refractivity contribution is 5.90. The number of carbonyl (C=O) groups is 1. The summed E-state index contributed by atoms with van der Waals surface area (Å²) in [6, 6.07) is 6.42. The molecular formula is C34H41F2N7O3. The molecule has 5 rings (SSSR count). The van der Waals surface area contributed by atoms with Crippen molar-refractivity contribution in [1.29, 1.82) is 0 Å². The number of anilines is 1. The van der Waals surface area contributed by atoms with Crippen molar-refractivity contribution in [1.82, 2.24) is 29.4 Å². The van der Waals surface area contributed by atoms with Crippen LogP contribution in [-0.2, 0) is 4.74 Å². The van der Waals surface area contributed by atoms with Crippen molar-refractivity contribution in [3.63, 3.8) is 0 Å². The number of amides is 1. The Morgan fingerprint density at radius 3 is 2.15 bits per heavy atom. The highest BCUT2D eigenvalue weighted by Crippen LogP contribution is 2.35. The lowest BCUT2D eigenvalue weighted by Crippen LogP contribution is -2.59. The first kappa shape index (κ1) is 32.9. The van der Waals surface area contributed by atoms with Crippen LogP contribution in [0.2, 0.25) is 0 Å². The van der Waals surface area contributed by atoms with Gasteiger partial charge >= 0.3 is 11.8 Å². The summed E-state index contributed by atoms with van der Waals surface area (Å²) in [7, 11) is 0. The normalized spacial score (nSPS) is 17.3. The Morgan fingerprint density at radius 1 is 0.935 bits per heavy atom. The molecule has 0 spiro atoms. The predicted molar refractivity (Wildman–Crippen MR) is 173 cm³/mol. The first-order valence-electron chi connectivity index (χ1n) is 15.6. The number of piperazine rings is 1. The second-order valence-corrected chi connectivity index (χ2v) is 13.5. The van der Waals surface area contributed by atoms with Gasteiger partial charge in [0.2, 0.25) is 0 Å². The lowest BCUT2D eigenvalue weighted by atomic mass is 10.0. The highest BCUT2D eigenvalue weighted by atomic mass is 19.1. The van der Waals surface area contributed by atoms with Gasteiger partial charge in [0.15, 0.2) is 5.65 Å². The Balaban J connectivity index is 1.78. The average molecular weight is 634 g/mol. The molecule has 0 N–H and O–H groups in total. The molecule has 10 nitrogen and oxygen atoms in total. The summed E-state index contributed by atoms with van der Waals surface area (Å²) in [5.41, 5.74) is 0.133. The molecule has 0 aliphatic carbocycles. The second kappa shape index (κ2) is 12.4. The summed E-state index contributed by atoms with van der Waals surface area (Å²) in [6.45, 7) is 17.6. The fourth-order valence-corrected chi connectivity index (χ4v) is 5.85. The molecule has 1 aliphatic rings. The van der Waals surface area contributed by atoms with Crippen LogP contribution in [0.4, 0.5) is 19.4 Å². The zero-order chi connectivity index (χ0) is 33.7. The van der Waals surface area contributed by atoms with Crippen LogP contribution in [0.1, 0.15) is 85.5 Å². The van der Waals surface area contributed by atoms with Crippen molar-refractivity contribution in [2.45, 2.75) is 91.8 Å². The molecule has 46 heavy (non-hydrogen) atoms. The van der Waals surface area contributed by atoms with E-state index in [4.69, 9.17) is 4.74 Å². The number of ether oxygens (including phenoxy) is 1. The number of hydrogen-bond acceptors (Lipinski definition) is 8. The lowest BCUT2D eigenvalue weighted by molar-refractivity contribution is 0.0130. The molecule has 2 unspecified atom stereocenters. The van der Waals surface area contributed by atoms with Crippen LogP contribution in [0.3, 0.4) is 0 Å². The molecule has 0 radical (unpaired) electrons. The molecule has 2 atom stereocenters. The van der Waals surface area contributed by atoms with E-state index in [1.807, 2.05) is 67.2 Å². The van der Waals surface area contributed by atoms with Gasteiger partial charge in [-0.25, -0.2) is 37.9 Å². The molecule has 1 fully saturated rings. The van der Waals surface area contributed by atoms with E-state index in [1.165, 1.54) is 35.2 Å². The van der Waals surface area contributed by atoms with Gasteiger partial charge in [0, 0.05) is 30.7 Å². The van der Waals surface area contributed by atoms with E-state index in [0.717, 1.165) is 0 Å². The molecule has 1 aliphatic heterocycles. The van der Waals surface area contributed by atoms with Crippen LogP contribution in [0.15, 0.2) is 41.5 Å². The zero-order valence-electron chi connectivity index (χ0n) is 27.8. The minimum Gasteiger partial charge on any atom is -0.444 e. The third-order valence-electron chi connectivity index (χ3n) is 8.01. The maximum Gasteiger partial charge on any atom is 0.410 e. The number of carbonyl (C=O) groups excluding carboxylic acids is 1. The summed E-state index contributed by atoms with van der Waals surface area (Å²) in [4.78, 5) is 49.0. The Labute approximate surface area is 267 Å². The smallest absolute Gasteiger partial charge is 0.410 e. The van der Waals surface area contributed by atoms with E-state index >= 15 is 8.78 Å². The fraction of sp³-hybridized carbons (Fsp3) is 0.471. The standard InChI is InChI=1S/C34H41F2N7O3/c1-18(2)26-29(27(19(3)4)38-17-37-26)43-31-23(14-25(36)28(39-31)22-12-10-11-13-24(22)35)30(40-32(43)44)41-15-21(6)42(16-20(41)5)33(45)46-34(7,8)9/h10-14,17-21H,15-16H2,1-9H3. The maximum absolute atomic E-state index is 16.0. The van der Waals surface area contributed by atoms with Gasteiger partial charge in [0.25, 0.3) is 0 Å². The van der Waals surface area contributed by atoms with Crippen LogP contribution in [-0.4, -0.2) is 66.3 Å². The number of hydrogen-bond donors (Lipinski definition) is 0. The first-order valence-corrected chi connectivity index (χ1v) is 15.6. The van der Waals surface area contributed by atoms with Crippen LogP contribution in [0, 0.1) is 11.6 Å². The van der Waals surface area contributed by atoms with E-state index in [9.17, 15) is 9.59 Å². The van der Waals surface area contributed by atoms with Crippen molar-refractivity contribution in [3.05, 3.63) is 70.2 Å². The zero-order valence-corrected chi connectivity index (χ0v) is 27.8. The van der Waals surface area contributed by atoms with Gasteiger partial charge in [-0.05, 0) is 64.7 Å². The van der Waals surface area contributed by atoms with Crippen LogP contribution < -0.4 is 10.6 Å². The van der Waals surface area contributed by atoms with E-state index < -0.39 is 29.0 Å². The molecule has 0 saturated carbocycles. The van der Waals surface area contributed by atoms with Gasteiger partial charge < -0.3 is 14.5 Å². The first-order chi connectivity index (χ1) is 21.6. The molecule has 0 bridgehead atoms. The van der Waals surface area contributed by atoms with E-state index in [2.05, 4.69) is 19.9 Å². The summed E-state index contributed by atoms with van der Waals surface area (Å²) < 4.78 is 38.0. The second-order valence-electron chi connectivity index (χ2n) is 13.5. The summed E-state index contributed by atoms with van der Waals surface area (Å²) in [6.07, 6.45) is 1.03. The average Bonchev–Trinajstić information content (AvgIpc) is 2.97. The van der Waals surface area contributed by atoms with E-state index in [1.54, 1.807) is 11.0 Å². The number of halogens is 2. The van der Waals surface area contributed by atoms with Gasteiger partial charge in [-0.1, -0.05) is 39.8 Å². The SMILES string of the molecule is CC(C)c1ncnc(C(C)C)c1-n1c(=O)nc(N2CC(C)N(C(=O)OC(C)(C)C)CC2C)c2cc(F)c(-c3ccccc3F)nc21. The van der Waals surface area contributed by atoms with Crippen molar-refractivity contribution in [2.75, 3.05) is 18.0 Å².